The van der Waals surface area contributed by atoms with Gasteiger partial charge in [-0.05, 0) is 38.5 Å². The lowest BCUT2D eigenvalue weighted by Gasteiger charge is -2.33. The molecule has 3 rings (SSSR count). The fourth-order valence-electron chi connectivity index (χ4n) is 3.34. The lowest BCUT2D eigenvalue weighted by atomic mass is 9.96. The van der Waals surface area contributed by atoms with Crippen molar-refractivity contribution in [2.24, 2.45) is 5.92 Å². The van der Waals surface area contributed by atoms with Gasteiger partial charge in [0, 0.05) is 13.1 Å². The molecule has 0 radical (unpaired) electrons. The molecule has 23 heavy (non-hydrogen) atoms. The van der Waals surface area contributed by atoms with Gasteiger partial charge >= 0.3 is 6.18 Å². The van der Waals surface area contributed by atoms with Crippen molar-refractivity contribution in [2.75, 3.05) is 18.0 Å². The lowest BCUT2D eigenvalue weighted by molar-refractivity contribution is -0.179. The number of anilines is 1. The van der Waals surface area contributed by atoms with Crippen LogP contribution in [0, 0.1) is 5.92 Å². The van der Waals surface area contributed by atoms with E-state index in [1.54, 1.807) is 12.4 Å². The van der Waals surface area contributed by atoms with E-state index in [-0.39, 0.29) is 18.9 Å². The van der Waals surface area contributed by atoms with E-state index in [2.05, 4.69) is 9.97 Å². The second-order valence-corrected chi connectivity index (χ2v) is 6.40. The molecule has 1 aromatic rings. The molecular weight excluding hydrogens is 307 g/mol. The van der Waals surface area contributed by atoms with Crippen LogP contribution < -0.4 is 9.64 Å². The zero-order valence-corrected chi connectivity index (χ0v) is 13.1. The van der Waals surface area contributed by atoms with E-state index in [0.717, 1.165) is 12.8 Å². The molecule has 1 aliphatic carbocycles. The van der Waals surface area contributed by atoms with Gasteiger partial charge in [-0.1, -0.05) is 6.42 Å². The summed E-state index contributed by atoms with van der Waals surface area (Å²) in [6.07, 6.45) is 5.14. The maximum atomic E-state index is 12.7. The van der Waals surface area contributed by atoms with Crippen LogP contribution in [-0.4, -0.2) is 35.3 Å². The van der Waals surface area contributed by atoms with E-state index in [1.807, 2.05) is 4.90 Å². The first-order valence-corrected chi connectivity index (χ1v) is 8.33. The maximum absolute atomic E-state index is 12.7. The molecule has 0 aromatic carbocycles. The van der Waals surface area contributed by atoms with Gasteiger partial charge in [0.2, 0.25) is 5.88 Å². The Kier molecular flexibility index (Phi) is 4.92. The Balaban J connectivity index is 1.59. The third kappa shape index (κ3) is 4.26. The van der Waals surface area contributed by atoms with Crippen LogP contribution in [-0.2, 0) is 0 Å². The molecule has 1 saturated heterocycles. The van der Waals surface area contributed by atoms with Gasteiger partial charge in [0.05, 0.1) is 18.3 Å². The standard InChI is InChI=1S/C16H22F3N3O/c17-16(18,19)12-6-8-22(9-7-12)14-10-20-11-15(21-14)23-13-4-2-1-3-5-13/h10-13H,1-9H2. The molecule has 1 aromatic heterocycles. The molecule has 1 aliphatic heterocycles. The van der Waals surface area contributed by atoms with E-state index in [1.165, 1.54) is 19.3 Å². The first-order valence-electron chi connectivity index (χ1n) is 8.33. The monoisotopic (exact) mass is 329 g/mol. The SMILES string of the molecule is FC(F)(F)C1CCN(c2cncc(OC3CCCCC3)n2)CC1. The number of ether oxygens (including phenoxy) is 1. The van der Waals surface area contributed by atoms with Gasteiger partial charge in [0.15, 0.2) is 5.82 Å². The van der Waals surface area contributed by atoms with Crippen LogP contribution in [0.5, 0.6) is 5.88 Å². The Morgan fingerprint density at radius 1 is 1.00 bits per heavy atom. The molecule has 0 atom stereocenters. The molecular formula is C16H22F3N3O. The van der Waals surface area contributed by atoms with Crippen molar-refractivity contribution in [1.82, 2.24) is 9.97 Å². The van der Waals surface area contributed by atoms with E-state index >= 15 is 0 Å². The third-order valence-corrected chi connectivity index (χ3v) is 4.72. The molecule has 2 aliphatic rings. The van der Waals surface area contributed by atoms with E-state index in [9.17, 15) is 13.2 Å². The van der Waals surface area contributed by atoms with Gasteiger partial charge in [-0.3, -0.25) is 4.98 Å². The van der Waals surface area contributed by atoms with Crippen LogP contribution >= 0.6 is 0 Å². The van der Waals surface area contributed by atoms with Gasteiger partial charge in [-0.25, -0.2) is 0 Å². The van der Waals surface area contributed by atoms with Crippen molar-refractivity contribution < 1.29 is 17.9 Å². The minimum Gasteiger partial charge on any atom is -0.473 e. The Labute approximate surface area is 134 Å². The zero-order chi connectivity index (χ0) is 16.3. The molecule has 2 heterocycles. The summed E-state index contributed by atoms with van der Waals surface area (Å²) in [5, 5.41) is 0. The predicted octanol–water partition coefficient (Wildman–Crippen LogP) is 3.97. The molecule has 1 saturated carbocycles. The van der Waals surface area contributed by atoms with Crippen molar-refractivity contribution in [2.45, 2.75) is 57.2 Å². The first-order chi connectivity index (χ1) is 11.0. The highest BCUT2D eigenvalue weighted by atomic mass is 19.4. The summed E-state index contributed by atoms with van der Waals surface area (Å²) in [5.74, 6) is -0.111. The van der Waals surface area contributed by atoms with Gasteiger partial charge < -0.3 is 9.64 Å². The minimum absolute atomic E-state index is 0.110. The summed E-state index contributed by atoms with van der Waals surface area (Å²) in [5.41, 5.74) is 0. The smallest absolute Gasteiger partial charge is 0.391 e. The summed E-state index contributed by atoms with van der Waals surface area (Å²) in [6, 6.07) is 0. The summed E-state index contributed by atoms with van der Waals surface area (Å²) in [6.45, 7) is 0.706. The average molecular weight is 329 g/mol. The normalized spacial score (nSPS) is 21.4. The average Bonchev–Trinajstić information content (AvgIpc) is 2.55. The van der Waals surface area contributed by atoms with Crippen LogP contribution in [0.25, 0.3) is 0 Å². The van der Waals surface area contributed by atoms with Crippen molar-refractivity contribution in [3.05, 3.63) is 12.4 Å². The molecule has 0 unspecified atom stereocenters. The highest BCUT2D eigenvalue weighted by Gasteiger charge is 2.41. The number of aromatic nitrogens is 2. The predicted molar refractivity (Wildman–Crippen MR) is 80.5 cm³/mol. The second-order valence-electron chi connectivity index (χ2n) is 6.40. The van der Waals surface area contributed by atoms with Crippen molar-refractivity contribution in [3.8, 4) is 5.88 Å². The molecule has 7 heteroatoms. The Bertz CT molecular complexity index is 510. The molecule has 0 spiro atoms. The van der Waals surface area contributed by atoms with Crippen LogP contribution in [0.1, 0.15) is 44.9 Å². The Hall–Kier alpha value is -1.53. The number of hydrogen-bond acceptors (Lipinski definition) is 4. The van der Waals surface area contributed by atoms with Crippen molar-refractivity contribution in [3.63, 3.8) is 0 Å². The highest BCUT2D eigenvalue weighted by molar-refractivity contribution is 5.38. The van der Waals surface area contributed by atoms with Gasteiger partial charge in [-0.15, -0.1) is 0 Å². The van der Waals surface area contributed by atoms with Gasteiger partial charge in [0.25, 0.3) is 0 Å². The number of hydrogen-bond donors (Lipinski definition) is 0. The number of nitrogens with zero attached hydrogens (tertiary/aromatic N) is 3. The van der Waals surface area contributed by atoms with Crippen LogP contribution in [0.3, 0.4) is 0 Å². The summed E-state index contributed by atoms with van der Waals surface area (Å²) in [4.78, 5) is 10.4. The number of halogens is 3. The largest absolute Gasteiger partial charge is 0.473 e. The van der Waals surface area contributed by atoms with Gasteiger partial charge in [-0.2, -0.15) is 18.2 Å². The quantitative estimate of drug-likeness (QED) is 0.841. The fourth-order valence-corrected chi connectivity index (χ4v) is 3.34. The number of rotatable bonds is 3. The Morgan fingerprint density at radius 3 is 2.35 bits per heavy atom. The summed E-state index contributed by atoms with van der Waals surface area (Å²) >= 11 is 0. The van der Waals surface area contributed by atoms with Crippen LogP contribution in [0.2, 0.25) is 0 Å². The number of alkyl halides is 3. The zero-order valence-electron chi connectivity index (χ0n) is 13.1. The maximum Gasteiger partial charge on any atom is 0.391 e. The molecule has 0 bridgehead atoms. The third-order valence-electron chi connectivity index (χ3n) is 4.72. The molecule has 0 amide bonds. The highest BCUT2D eigenvalue weighted by Crippen LogP contribution is 2.35. The summed E-state index contributed by atoms with van der Waals surface area (Å²) < 4.78 is 44.1. The number of piperidine rings is 1. The van der Waals surface area contributed by atoms with Gasteiger partial charge in [0.1, 0.15) is 6.10 Å². The minimum atomic E-state index is -4.09. The fraction of sp³-hybridized carbons (Fsp3) is 0.750. The second kappa shape index (κ2) is 6.93. The topological polar surface area (TPSA) is 38.2 Å². The van der Waals surface area contributed by atoms with Crippen LogP contribution in [0.15, 0.2) is 12.4 Å². The summed E-state index contributed by atoms with van der Waals surface area (Å²) in [7, 11) is 0. The molecule has 4 nitrogen and oxygen atoms in total. The Morgan fingerprint density at radius 2 is 1.70 bits per heavy atom. The van der Waals surface area contributed by atoms with Crippen LogP contribution in [0.4, 0.5) is 19.0 Å². The van der Waals surface area contributed by atoms with Crippen molar-refractivity contribution >= 4 is 5.82 Å². The molecule has 0 N–H and O–H groups in total. The van der Waals surface area contributed by atoms with E-state index in [0.29, 0.717) is 24.8 Å². The molecule has 2 fully saturated rings. The first kappa shape index (κ1) is 16.3. The van der Waals surface area contributed by atoms with E-state index < -0.39 is 12.1 Å². The van der Waals surface area contributed by atoms with E-state index in [4.69, 9.17) is 4.74 Å². The lowest BCUT2D eigenvalue weighted by Crippen LogP contribution is -2.39. The molecule has 128 valence electrons. The van der Waals surface area contributed by atoms with Crippen molar-refractivity contribution in [1.29, 1.82) is 0 Å².